The van der Waals surface area contributed by atoms with Gasteiger partial charge in [0.2, 0.25) is 5.91 Å². The van der Waals surface area contributed by atoms with E-state index in [1.807, 2.05) is 62.4 Å². The summed E-state index contributed by atoms with van der Waals surface area (Å²) >= 11 is 0. The number of hydrogen-bond donors (Lipinski definition) is 1. The number of carbonyl (C=O) groups excluding carboxylic acids is 2. The van der Waals surface area contributed by atoms with Gasteiger partial charge in [-0.1, -0.05) is 12.1 Å². The maximum atomic E-state index is 13.4. The highest BCUT2D eigenvalue weighted by Gasteiger charge is 2.32. The molecule has 7 heteroatoms. The fraction of sp³-hybridized carbons (Fsp3) is 0.400. The van der Waals surface area contributed by atoms with Gasteiger partial charge in [0.15, 0.2) is 0 Å². The maximum absolute atomic E-state index is 13.4. The molecule has 1 aliphatic heterocycles. The van der Waals surface area contributed by atoms with E-state index in [9.17, 15) is 9.59 Å². The zero-order valence-corrected chi connectivity index (χ0v) is 18.7. The third-order valence-electron chi connectivity index (χ3n) is 5.50. The minimum Gasteiger partial charge on any atom is -0.494 e. The third kappa shape index (κ3) is 6.01. The van der Waals surface area contributed by atoms with E-state index in [0.29, 0.717) is 32.7 Å². The minimum absolute atomic E-state index is 0.0579. The molecule has 1 atom stereocenters. The molecule has 7 nitrogen and oxygen atoms in total. The molecule has 3 amide bonds. The van der Waals surface area contributed by atoms with Crippen molar-refractivity contribution in [2.45, 2.75) is 33.1 Å². The molecule has 3 rings (SSSR count). The monoisotopic (exact) mass is 434 g/mol. The molecular weight excluding hydrogens is 404 g/mol. The number of ether oxygens (including phenoxy) is 1. The van der Waals surface area contributed by atoms with Gasteiger partial charge >= 0.3 is 6.03 Å². The van der Waals surface area contributed by atoms with Gasteiger partial charge in [-0.25, -0.2) is 4.79 Å². The molecule has 32 heavy (non-hydrogen) atoms. The first kappa shape index (κ1) is 23.1. The second kappa shape index (κ2) is 11.2. The summed E-state index contributed by atoms with van der Waals surface area (Å²) in [5.74, 6) is 0.371. The van der Waals surface area contributed by atoms with Crippen LogP contribution in [-0.2, 0) is 4.79 Å². The molecule has 1 aliphatic rings. The van der Waals surface area contributed by atoms with Crippen molar-refractivity contribution in [3.63, 3.8) is 0 Å². The number of urea groups is 1. The molecule has 0 saturated carbocycles. The van der Waals surface area contributed by atoms with Crippen LogP contribution in [0.1, 0.15) is 31.7 Å². The topological polar surface area (TPSA) is 85.7 Å². The zero-order chi connectivity index (χ0) is 22.9. The van der Waals surface area contributed by atoms with Gasteiger partial charge in [0.05, 0.1) is 25.0 Å². The second-order valence-corrected chi connectivity index (χ2v) is 7.91. The number of piperidine rings is 1. The average Bonchev–Trinajstić information content (AvgIpc) is 2.80. The number of nitrogens with zero attached hydrogens (tertiary/aromatic N) is 3. The van der Waals surface area contributed by atoms with E-state index in [1.54, 1.807) is 9.80 Å². The summed E-state index contributed by atoms with van der Waals surface area (Å²) in [7, 11) is 0. The van der Waals surface area contributed by atoms with Crippen molar-refractivity contribution in [1.82, 2.24) is 4.90 Å². The molecule has 0 spiro atoms. The van der Waals surface area contributed by atoms with Gasteiger partial charge < -0.3 is 19.9 Å². The Balaban J connectivity index is 1.70. The molecule has 2 aromatic carbocycles. The normalized spacial score (nSPS) is 15.5. The molecule has 1 saturated heterocycles. The standard InChI is InChI=1S/C25H30N4O3/c1-3-32-23-12-10-22(11-13-23)29(16-6-14-26)24(30)20-8-5-15-28(18-20)25(31)27-21-9-4-7-19(2)17-21/h4,7,9-13,17,20H,3,5-6,8,15-16,18H2,1-2H3,(H,27,31). The van der Waals surface area contributed by atoms with Gasteiger partial charge in [0, 0.05) is 31.0 Å². The molecule has 0 bridgehead atoms. The van der Waals surface area contributed by atoms with Crippen LogP contribution < -0.4 is 15.0 Å². The van der Waals surface area contributed by atoms with Crippen LogP contribution in [-0.4, -0.2) is 43.1 Å². The Morgan fingerprint density at radius 2 is 2.03 bits per heavy atom. The number of rotatable bonds is 7. The number of amides is 3. The van der Waals surface area contributed by atoms with E-state index in [2.05, 4.69) is 11.4 Å². The van der Waals surface area contributed by atoms with Crippen molar-refractivity contribution in [2.75, 3.05) is 36.5 Å². The van der Waals surface area contributed by atoms with E-state index >= 15 is 0 Å². The predicted molar refractivity (Wildman–Crippen MR) is 125 cm³/mol. The van der Waals surface area contributed by atoms with Crippen LogP contribution in [0.3, 0.4) is 0 Å². The third-order valence-corrected chi connectivity index (χ3v) is 5.50. The summed E-state index contributed by atoms with van der Waals surface area (Å²) in [5.41, 5.74) is 2.54. The zero-order valence-electron chi connectivity index (χ0n) is 18.7. The summed E-state index contributed by atoms with van der Waals surface area (Å²) in [6.45, 7) is 5.75. The fourth-order valence-corrected chi connectivity index (χ4v) is 3.93. The number of benzene rings is 2. The molecular formula is C25H30N4O3. The quantitative estimate of drug-likeness (QED) is 0.691. The van der Waals surface area contributed by atoms with Gasteiger partial charge in [0.1, 0.15) is 5.75 Å². The molecule has 0 aromatic heterocycles. The van der Waals surface area contributed by atoms with Crippen LogP contribution in [0.15, 0.2) is 48.5 Å². The van der Waals surface area contributed by atoms with E-state index in [0.717, 1.165) is 29.1 Å². The lowest BCUT2D eigenvalue weighted by Gasteiger charge is -2.35. The van der Waals surface area contributed by atoms with Crippen molar-refractivity contribution in [1.29, 1.82) is 5.26 Å². The summed E-state index contributed by atoms with van der Waals surface area (Å²) in [6, 6.07) is 16.9. The van der Waals surface area contributed by atoms with Crippen LogP contribution in [0.5, 0.6) is 5.75 Å². The molecule has 1 N–H and O–H groups in total. The Kier molecular flexibility index (Phi) is 8.09. The molecule has 0 aliphatic carbocycles. The summed E-state index contributed by atoms with van der Waals surface area (Å²) in [6.07, 6.45) is 1.71. The lowest BCUT2D eigenvalue weighted by Crippen LogP contribution is -2.48. The minimum atomic E-state index is -0.308. The molecule has 1 fully saturated rings. The lowest BCUT2D eigenvalue weighted by molar-refractivity contribution is -0.123. The van der Waals surface area contributed by atoms with Gasteiger partial charge in [-0.3, -0.25) is 4.79 Å². The maximum Gasteiger partial charge on any atom is 0.321 e. The van der Waals surface area contributed by atoms with Crippen molar-refractivity contribution < 1.29 is 14.3 Å². The van der Waals surface area contributed by atoms with Crippen LogP contribution >= 0.6 is 0 Å². The summed E-state index contributed by atoms with van der Waals surface area (Å²) in [5, 5.41) is 12.0. The molecule has 1 heterocycles. The van der Waals surface area contributed by atoms with Gasteiger partial charge in [0.25, 0.3) is 0 Å². The Bertz CT molecular complexity index is 968. The number of hydrogen-bond acceptors (Lipinski definition) is 4. The number of likely N-dealkylation sites (tertiary alicyclic amines) is 1. The number of nitrogens with one attached hydrogen (secondary N) is 1. The van der Waals surface area contributed by atoms with Gasteiger partial charge in [-0.2, -0.15) is 5.26 Å². The van der Waals surface area contributed by atoms with Gasteiger partial charge in [-0.05, 0) is 68.7 Å². The van der Waals surface area contributed by atoms with E-state index < -0.39 is 0 Å². The van der Waals surface area contributed by atoms with Crippen LogP contribution in [0.2, 0.25) is 0 Å². The largest absolute Gasteiger partial charge is 0.494 e. The van der Waals surface area contributed by atoms with Crippen molar-refractivity contribution >= 4 is 23.3 Å². The first-order valence-electron chi connectivity index (χ1n) is 11.1. The molecule has 0 radical (unpaired) electrons. The Morgan fingerprint density at radius 1 is 1.25 bits per heavy atom. The van der Waals surface area contributed by atoms with E-state index in [1.165, 1.54) is 0 Å². The van der Waals surface area contributed by atoms with Crippen LogP contribution in [0, 0.1) is 24.2 Å². The summed E-state index contributed by atoms with van der Waals surface area (Å²) < 4.78 is 5.49. The number of anilines is 2. The highest BCUT2D eigenvalue weighted by molar-refractivity contribution is 5.96. The lowest BCUT2D eigenvalue weighted by atomic mass is 9.96. The highest BCUT2D eigenvalue weighted by Crippen LogP contribution is 2.25. The molecule has 168 valence electrons. The molecule has 2 aromatic rings. The van der Waals surface area contributed by atoms with Crippen molar-refractivity contribution in [3.05, 3.63) is 54.1 Å². The predicted octanol–water partition coefficient (Wildman–Crippen LogP) is 4.58. The SMILES string of the molecule is CCOc1ccc(N(CCC#N)C(=O)C2CCCN(C(=O)Nc3cccc(C)c3)C2)cc1. The number of aryl methyl sites for hydroxylation is 1. The van der Waals surface area contributed by atoms with E-state index in [4.69, 9.17) is 10.00 Å². The first-order valence-corrected chi connectivity index (χ1v) is 11.1. The Hall–Kier alpha value is -3.53. The Labute approximate surface area is 189 Å². The second-order valence-electron chi connectivity index (χ2n) is 7.91. The Morgan fingerprint density at radius 3 is 2.72 bits per heavy atom. The molecule has 1 unspecified atom stereocenters. The smallest absolute Gasteiger partial charge is 0.321 e. The number of nitriles is 1. The fourth-order valence-electron chi connectivity index (χ4n) is 3.93. The van der Waals surface area contributed by atoms with Crippen LogP contribution in [0.25, 0.3) is 0 Å². The number of carbonyl (C=O) groups is 2. The average molecular weight is 435 g/mol. The van der Waals surface area contributed by atoms with Gasteiger partial charge in [-0.15, -0.1) is 0 Å². The summed E-state index contributed by atoms with van der Waals surface area (Å²) in [4.78, 5) is 29.6. The highest BCUT2D eigenvalue weighted by atomic mass is 16.5. The first-order chi connectivity index (χ1) is 15.5. The van der Waals surface area contributed by atoms with Crippen LogP contribution in [0.4, 0.5) is 16.2 Å². The van der Waals surface area contributed by atoms with Crippen molar-refractivity contribution in [2.24, 2.45) is 5.92 Å². The van der Waals surface area contributed by atoms with Crippen molar-refractivity contribution in [3.8, 4) is 11.8 Å². The van der Waals surface area contributed by atoms with E-state index in [-0.39, 0.29) is 24.3 Å².